The van der Waals surface area contributed by atoms with Gasteiger partial charge < -0.3 is 9.47 Å². The normalized spacial score (nSPS) is 12.0. The Bertz CT molecular complexity index is 792. The molecule has 0 saturated carbocycles. The Morgan fingerprint density at radius 1 is 0.706 bits per heavy atom. The smallest absolute Gasteiger partial charge is 0.338 e. The largest absolute Gasteiger partial charge is 0.494 e. The minimum absolute atomic E-state index is 0.237. The van der Waals surface area contributed by atoms with Crippen LogP contribution in [0.25, 0.3) is 11.1 Å². The Kier molecular flexibility index (Phi) is 13.4. The lowest BCUT2D eigenvalue weighted by Gasteiger charge is -2.12. The van der Waals surface area contributed by atoms with E-state index in [9.17, 15) is 4.79 Å². The highest BCUT2D eigenvalue weighted by atomic mass is 16.5. The third-order valence-corrected chi connectivity index (χ3v) is 6.40. The Morgan fingerprint density at radius 3 is 1.97 bits per heavy atom. The molecule has 3 nitrogen and oxygen atoms in total. The highest BCUT2D eigenvalue weighted by molar-refractivity contribution is 5.90. The van der Waals surface area contributed by atoms with Gasteiger partial charge in [0.05, 0.1) is 18.8 Å². The van der Waals surface area contributed by atoms with Crippen molar-refractivity contribution in [2.75, 3.05) is 13.2 Å². The van der Waals surface area contributed by atoms with Crippen LogP contribution in [-0.2, 0) is 4.74 Å². The molecule has 188 valence electrons. The zero-order valence-electron chi connectivity index (χ0n) is 22.0. The Hall–Kier alpha value is -2.29. The van der Waals surface area contributed by atoms with E-state index in [0.717, 1.165) is 42.2 Å². The van der Waals surface area contributed by atoms with Crippen molar-refractivity contribution in [3.05, 3.63) is 54.1 Å². The van der Waals surface area contributed by atoms with Crippen LogP contribution in [0, 0.1) is 11.8 Å². The molecule has 1 atom stereocenters. The van der Waals surface area contributed by atoms with Gasteiger partial charge in [0.25, 0.3) is 0 Å². The molecule has 2 aromatic carbocycles. The zero-order chi connectivity index (χ0) is 24.6. The summed E-state index contributed by atoms with van der Waals surface area (Å²) in [6, 6.07) is 15.9. The van der Waals surface area contributed by atoms with Gasteiger partial charge in [-0.1, -0.05) is 103 Å². The van der Waals surface area contributed by atoms with Gasteiger partial charge in [-0.3, -0.25) is 0 Å². The Morgan fingerprint density at radius 2 is 1.32 bits per heavy atom. The van der Waals surface area contributed by atoms with Gasteiger partial charge in [-0.15, -0.1) is 0 Å². The molecule has 2 rings (SSSR count). The fourth-order valence-corrected chi connectivity index (χ4v) is 4.07. The SMILES string of the molecule is CCCCCCCCOc1ccc(-c2ccc(C(=O)OCCC(C)CCCC(C)C)cc2)cc1. The maximum Gasteiger partial charge on any atom is 0.338 e. The summed E-state index contributed by atoms with van der Waals surface area (Å²) in [5.74, 6) is 2.02. The first kappa shape index (κ1) is 28.0. The maximum atomic E-state index is 12.4. The van der Waals surface area contributed by atoms with Gasteiger partial charge in [0, 0.05) is 0 Å². The van der Waals surface area contributed by atoms with Crippen LogP contribution in [0.3, 0.4) is 0 Å². The number of esters is 1. The second-order valence-corrected chi connectivity index (χ2v) is 10.1. The molecule has 0 aliphatic heterocycles. The minimum Gasteiger partial charge on any atom is -0.494 e. The number of hydrogen-bond acceptors (Lipinski definition) is 3. The third-order valence-electron chi connectivity index (χ3n) is 6.40. The van der Waals surface area contributed by atoms with Crippen molar-refractivity contribution in [2.24, 2.45) is 11.8 Å². The zero-order valence-corrected chi connectivity index (χ0v) is 22.0. The van der Waals surface area contributed by atoms with Gasteiger partial charge >= 0.3 is 5.97 Å². The van der Waals surface area contributed by atoms with E-state index in [0.29, 0.717) is 18.1 Å². The molecule has 0 fully saturated rings. The molecule has 0 radical (unpaired) electrons. The van der Waals surface area contributed by atoms with Crippen molar-refractivity contribution in [1.29, 1.82) is 0 Å². The lowest BCUT2D eigenvalue weighted by atomic mass is 9.98. The van der Waals surface area contributed by atoms with E-state index in [4.69, 9.17) is 9.47 Å². The van der Waals surface area contributed by atoms with E-state index >= 15 is 0 Å². The van der Waals surface area contributed by atoms with E-state index in [1.54, 1.807) is 0 Å². The van der Waals surface area contributed by atoms with E-state index < -0.39 is 0 Å². The summed E-state index contributed by atoms with van der Waals surface area (Å²) in [7, 11) is 0. The van der Waals surface area contributed by atoms with Gasteiger partial charge in [-0.25, -0.2) is 4.79 Å². The van der Waals surface area contributed by atoms with E-state index in [1.807, 2.05) is 36.4 Å². The van der Waals surface area contributed by atoms with E-state index in [2.05, 4.69) is 39.8 Å². The summed E-state index contributed by atoms with van der Waals surface area (Å²) < 4.78 is 11.4. The first-order valence-electron chi connectivity index (χ1n) is 13.5. The van der Waals surface area contributed by atoms with Crippen molar-refractivity contribution in [3.8, 4) is 16.9 Å². The van der Waals surface area contributed by atoms with Gasteiger partial charge in [0.1, 0.15) is 5.75 Å². The van der Waals surface area contributed by atoms with Crippen LogP contribution >= 0.6 is 0 Å². The maximum absolute atomic E-state index is 12.4. The molecule has 0 saturated heterocycles. The standard InChI is InChI=1S/C31H46O3/c1-5-6-7-8-9-10-23-33-30-20-18-28(19-21-30)27-14-16-29(17-15-27)31(32)34-24-22-26(4)13-11-12-25(2)3/h14-21,25-26H,5-13,22-24H2,1-4H3. The summed E-state index contributed by atoms with van der Waals surface area (Å²) in [6.45, 7) is 10.3. The summed E-state index contributed by atoms with van der Waals surface area (Å²) >= 11 is 0. The molecule has 0 aliphatic carbocycles. The lowest BCUT2D eigenvalue weighted by Crippen LogP contribution is -2.09. The summed E-state index contributed by atoms with van der Waals surface area (Å²) in [6.07, 6.45) is 12.3. The number of carbonyl (C=O) groups excluding carboxylic acids is 1. The number of unbranched alkanes of at least 4 members (excludes halogenated alkanes) is 5. The molecule has 0 aliphatic rings. The van der Waals surface area contributed by atoms with E-state index in [1.165, 1.54) is 51.4 Å². The average Bonchev–Trinajstić information content (AvgIpc) is 2.83. The van der Waals surface area contributed by atoms with Gasteiger partial charge in [0.15, 0.2) is 0 Å². The Balaban J connectivity index is 1.71. The fourth-order valence-electron chi connectivity index (χ4n) is 4.07. The molecular weight excluding hydrogens is 420 g/mol. The van der Waals surface area contributed by atoms with Crippen LogP contribution in [0.2, 0.25) is 0 Å². The highest BCUT2D eigenvalue weighted by Crippen LogP contribution is 2.23. The Labute approximate surface area is 208 Å². The van der Waals surface area contributed by atoms with Crippen LogP contribution in [-0.4, -0.2) is 19.2 Å². The second-order valence-electron chi connectivity index (χ2n) is 10.1. The molecule has 0 N–H and O–H groups in total. The number of hydrogen-bond donors (Lipinski definition) is 0. The fraction of sp³-hybridized carbons (Fsp3) is 0.581. The minimum atomic E-state index is -0.237. The van der Waals surface area contributed by atoms with Crippen molar-refractivity contribution in [3.63, 3.8) is 0 Å². The van der Waals surface area contributed by atoms with Crippen molar-refractivity contribution in [2.45, 2.75) is 91.9 Å². The van der Waals surface area contributed by atoms with Gasteiger partial charge in [-0.05, 0) is 60.1 Å². The predicted octanol–water partition coefficient (Wildman–Crippen LogP) is 9.10. The number of benzene rings is 2. The monoisotopic (exact) mass is 466 g/mol. The van der Waals surface area contributed by atoms with Crippen LogP contribution in [0.4, 0.5) is 0 Å². The van der Waals surface area contributed by atoms with Crippen molar-refractivity contribution >= 4 is 5.97 Å². The number of rotatable bonds is 17. The molecule has 0 bridgehead atoms. The van der Waals surface area contributed by atoms with Crippen LogP contribution in [0.15, 0.2) is 48.5 Å². The average molecular weight is 467 g/mol. The molecule has 0 amide bonds. The van der Waals surface area contributed by atoms with Crippen LogP contribution in [0.5, 0.6) is 5.75 Å². The summed E-state index contributed by atoms with van der Waals surface area (Å²) in [5.41, 5.74) is 2.80. The van der Waals surface area contributed by atoms with Crippen molar-refractivity contribution in [1.82, 2.24) is 0 Å². The molecule has 3 heteroatoms. The van der Waals surface area contributed by atoms with Crippen LogP contribution < -0.4 is 4.74 Å². The molecule has 0 spiro atoms. The molecule has 2 aromatic rings. The van der Waals surface area contributed by atoms with Gasteiger partial charge in [0.2, 0.25) is 0 Å². The number of carbonyl (C=O) groups is 1. The summed E-state index contributed by atoms with van der Waals surface area (Å²) in [5, 5.41) is 0. The lowest BCUT2D eigenvalue weighted by molar-refractivity contribution is 0.0483. The second kappa shape index (κ2) is 16.4. The van der Waals surface area contributed by atoms with Gasteiger partial charge in [-0.2, -0.15) is 0 Å². The highest BCUT2D eigenvalue weighted by Gasteiger charge is 2.10. The third kappa shape index (κ3) is 11.2. The van der Waals surface area contributed by atoms with Crippen molar-refractivity contribution < 1.29 is 14.3 Å². The first-order valence-corrected chi connectivity index (χ1v) is 13.5. The molecule has 0 heterocycles. The molecular formula is C31H46O3. The molecule has 0 aromatic heterocycles. The topological polar surface area (TPSA) is 35.5 Å². The summed E-state index contributed by atoms with van der Waals surface area (Å²) in [4.78, 5) is 12.4. The molecule has 1 unspecified atom stereocenters. The van der Waals surface area contributed by atoms with E-state index in [-0.39, 0.29) is 5.97 Å². The predicted molar refractivity (Wildman–Crippen MR) is 144 cm³/mol. The number of ether oxygens (including phenoxy) is 2. The first-order chi connectivity index (χ1) is 16.5. The quantitative estimate of drug-likeness (QED) is 0.172. The molecule has 34 heavy (non-hydrogen) atoms. The van der Waals surface area contributed by atoms with Crippen LogP contribution in [0.1, 0.15) is 102 Å².